The van der Waals surface area contributed by atoms with Gasteiger partial charge in [0, 0.05) is 15.4 Å². The van der Waals surface area contributed by atoms with Crippen LogP contribution in [0.25, 0.3) is 22.1 Å². The summed E-state index contributed by atoms with van der Waals surface area (Å²) in [6.45, 7) is 0.265. The van der Waals surface area contributed by atoms with Crippen molar-refractivity contribution in [1.82, 2.24) is 9.55 Å². The molecule has 0 fully saturated rings. The van der Waals surface area contributed by atoms with E-state index in [2.05, 4.69) is 4.98 Å². The van der Waals surface area contributed by atoms with Crippen molar-refractivity contribution in [2.24, 2.45) is 0 Å². The molecule has 4 aromatic rings. The molecule has 0 bridgehead atoms. The van der Waals surface area contributed by atoms with E-state index < -0.39 is 0 Å². The molecule has 120 valence electrons. The molecule has 0 unspecified atom stereocenters. The summed E-state index contributed by atoms with van der Waals surface area (Å²) in [7, 11) is 0. The number of halogens is 2. The van der Waals surface area contributed by atoms with Crippen LogP contribution in [-0.2, 0) is 6.54 Å². The summed E-state index contributed by atoms with van der Waals surface area (Å²) < 4.78 is 7.43. The summed E-state index contributed by atoms with van der Waals surface area (Å²) in [5.41, 5.74) is 1.85. The molecule has 0 saturated carbocycles. The Kier molecular flexibility index (Phi) is 3.72. The quantitative estimate of drug-likeness (QED) is 0.491. The molecule has 0 aliphatic carbocycles. The highest BCUT2D eigenvalue weighted by Gasteiger charge is 2.15. The Morgan fingerprint density at radius 1 is 1.17 bits per heavy atom. The van der Waals surface area contributed by atoms with E-state index in [0.717, 1.165) is 10.9 Å². The number of nitrogens with zero attached hydrogens (tertiary/aromatic N) is 1. The first-order valence-corrected chi connectivity index (χ1v) is 8.29. The lowest BCUT2D eigenvalue weighted by molar-refractivity contribution is 0.640. The Bertz CT molecular complexity index is 1210. The molecule has 0 spiro atoms. The van der Waals surface area contributed by atoms with Crippen LogP contribution < -0.4 is 5.56 Å². The Labute approximate surface area is 151 Å². The van der Waals surface area contributed by atoms with Gasteiger partial charge in [0.05, 0.1) is 6.54 Å². The van der Waals surface area contributed by atoms with E-state index in [4.69, 9.17) is 39.8 Å². The Morgan fingerprint density at radius 2 is 1.96 bits per heavy atom. The first-order chi connectivity index (χ1) is 11.5. The van der Waals surface area contributed by atoms with Gasteiger partial charge in [-0.25, -0.2) is 0 Å². The minimum Gasteiger partial charge on any atom is -0.449 e. The topological polar surface area (TPSA) is 50.9 Å². The number of furan rings is 1. The molecule has 7 heteroatoms. The van der Waals surface area contributed by atoms with Gasteiger partial charge >= 0.3 is 0 Å². The van der Waals surface area contributed by atoms with E-state index in [1.165, 1.54) is 4.57 Å². The number of hydrogen-bond acceptors (Lipinski definition) is 3. The van der Waals surface area contributed by atoms with Crippen LogP contribution in [0.4, 0.5) is 0 Å². The number of fused-ring (bicyclic) bond motifs is 3. The van der Waals surface area contributed by atoms with Crippen LogP contribution in [-0.4, -0.2) is 9.55 Å². The predicted octanol–water partition coefficient (Wildman–Crippen LogP) is 5.16. The lowest BCUT2D eigenvalue weighted by atomic mass is 10.2. The van der Waals surface area contributed by atoms with Crippen LogP contribution in [0, 0.1) is 4.77 Å². The fourth-order valence-corrected chi connectivity index (χ4v) is 3.29. The molecule has 0 aliphatic heterocycles. The highest BCUT2D eigenvalue weighted by atomic mass is 35.5. The first kappa shape index (κ1) is 15.4. The molecule has 0 saturated heterocycles. The summed E-state index contributed by atoms with van der Waals surface area (Å²) in [6, 6.07) is 12.5. The van der Waals surface area contributed by atoms with E-state index in [1.54, 1.807) is 24.3 Å². The van der Waals surface area contributed by atoms with Gasteiger partial charge in [-0.3, -0.25) is 9.36 Å². The third-order valence-electron chi connectivity index (χ3n) is 3.85. The molecular weight excluding hydrogens is 367 g/mol. The molecule has 4 rings (SSSR count). The number of nitrogens with one attached hydrogen (secondary N) is 1. The van der Waals surface area contributed by atoms with Crippen molar-refractivity contribution in [2.75, 3.05) is 0 Å². The van der Waals surface area contributed by atoms with Gasteiger partial charge in [0.1, 0.15) is 11.1 Å². The third kappa shape index (κ3) is 2.45. The maximum Gasteiger partial charge on any atom is 0.298 e. The normalized spacial score (nSPS) is 11.4. The second kappa shape index (κ2) is 5.77. The van der Waals surface area contributed by atoms with Gasteiger partial charge in [0.15, 0.2) is 4.77 Å². The molecule has 2 heterocycles. The summed E-state index contributed by atoms with van der Waals surface area (Å²) in [4.78, 5) is 15.9. The van der Waals surface area contributed by atoms with Gasteiger partial charge in [-0.1, -0.05) is 41.4 Å². The molecule has 24 heavy (non-hydrogen) atoms. The summed E-state index contributed by atoms with van der Waals surface area (Å²) in [5.74, 6) is 0. The van der Waals surface area contributed by atoms with Crippen LogP contribution in [0.15, 0.2) is 51.7 Å². The molecule has 2 aromatic carbocycles. The summed E-state index contributed by atoms with van der Waals surface area (Å²) in [6.07, 6.45) is 0. The fourth-order valence-electron chi connectivity index (χ4n) is 2.67. The van der Waals surface area contributed by atoms with Gasteiger partial charge < -0.3 is 9.40 Å². The number of aromatic amines is 1. The molecule has 2 aromatic heterocycles. The van der Waals surface area contributed by atoms with Crippen molar-refractivity contribution in [3.8, 4) is 0 Å². The summed E-state index contributed by atoms with van der Waals surface area (Å²) in [5, 5.41) is 1.87. The van der Waals surface area contributed by atoms with E-state index >= 15 is 0 Å². The lowest BCUT2D eigenvalue weighted by Gasteiger charge is -2.07. The molecule has 0 amide bonds. The van der Waals surface area contributed by atoms with Crippen molar-refractivity contribution in [3.63, 3.8) is 0 Å². The van der Waals surface area contributed by atoms with Crippen molar-refractivity contribution in [1.29, 1.82) is 0 Å². The molecule has 0 radical (unpaired) electrons. The third-order valence-corrected chi connectivity index (χ3v) is 4.78. The fraction of sp³-hybridized carbons (Fsp3) is 0.0588. The van der Waals surface area contributed by atoms with Crippen LogP contribution in [0.2, 0.25) is 10.0 Å². The number of aromatic nitrogens is 2. The highest BCUT2D eigenvalue weighted by Crippen LogP contribution is 2.27. The van der Waals surface area contributed by atoms with Crippen LogP contribution in [0.1, 0.15) is 5.56 Å². The van der Waals surface area contributed by atoms with Crippen molar-refractivity contribution >= 4 is 57.5 Å². The number of H-pyrrole nitrogens is 1. The minimum atomic E-state index is -0.305. The number of hydrogen-bond donors (Lipinski definition) is 1. The molecule has 0 atom stereocenters. The standard InChI is InChI=1S/C17H10Cl2N2O2S/c18-10-5-6-13-11(7-10)14-15(23-13)16(22)21(17(24)20-14)8-9-3-1-2-4-12(9)19/h1-7H,8H2,(H,20,24). The summed E-state index contributed by atoms with van der Waals surface area (Å²) >= 11 is 17.6. The average molecular weight is 377 g/mol. The van der Waals surface area contributed by atoms with Crippen molar-refractivity contribution < 1.29 is 4.42 Å². The monoisotopic (exact) mass is 376 g/mol. The zero-order valence-electron chi connectivity index (χ0n) is 12.2. The number of benzene rings is 2. The van der Waals surface area contributed by atoms with Crippen LogP contribution >= 0.6 is 35.4 Å². The maximum atomic E-state index is 12.8. The molecule has 0 aliphatic rings. The lowest BCUT2D eigenvalue weighted by Crippen LogP contribution is -2.22. The Morgan fingerprint density at radius 3 is 2.75 bits per heavy atom. The number of rotatable bonds is 2. The van der Waals surface area contributed by atoms with Gasteiger partial charge in [0.25, 0.3) is 5.56 Å². The van der Waals surface area contributed by atoms with Gasteiger partial charge in [-0.2, -0.15) is 0 Å². The second-order valence-electron chi connectivity index (χ2n) is 5.36. The molecule has 4 nitrogen and oxygen atoms in total. The Balaban J connectivity index is 1.98. The van der Waals surface area contributed by atoms with Crippen LogP contribution in [0.5, 0.6) is 0 Å². The van der Waals surface area contributed by atoms with E-state index in [9.17, 15) is 4.79 Å². The SMILES string of the molecule is O=c1c2oc3ccc(Cl)cc3c2[nH]c(=S)n1Cc1ccccc1Cl. The second-order valence-corrected chi connectivity index (χ2v) is 6.59. The zero-order valence-corrected chi connectivity index (χ0v) is 14.5. The van der Waals surface area contributed by atoms with Crippen molar-refractivity contribution in [3.05, 3.63) is 73.2 Å². The molecule has 1 N–H and O–H groups in total. The van der Waals surface area contributed by atoms with E-state index in [1.807, 2.05) is 18.2 Å². The van der Waals surface area contributed by atoms with Gasteiger partial charge in [-0.05, 0) is 42.0 Å². The first-order valence-electron chi connectivity index (χ1n) is 7.13. The van der Waals surface area contributed by atoms with Crippen molar-refractivity contribution in [2.45, 2.75) is 6.54 Å². The molecular formula is C17H10Cl2N2O2S. The minimum absolute atomic E-state index is 0.216. The van der Waals surface area contributed by atoms with E-state index in [0.29, 0.717) is 25.9 Å². The van der Waals surface area contributed by atoms with Gasteiger partial charge in [0.2, 0.25) is 5.58 Å². The van der Waals surface area contributed by atoms with Crippen LogP contribution in [0.3, 0.4) is 0 Å². The Hall–Kier alpha value is -2.08. The van der Waals surface area contributed by atoms with E-state index in [-0.39, 0.29) is 17.7 Å². The smallest absolute Gasteiger partial charge is 0.298 e. The van der Waals surface area contributed by atoms with Gasteiger partial charge in [-0.15, -0.1) is 0 Å². The largest absolute Gasteiger partial charge is 0.449 e. The average Bonchev–Trinajstić information content (AvgIpc) is 2.91. The maximum absolute atomic E-state index is 12.8. The predicted molar refractivity (Wildman–Crippen MR) is 98.7 cm³/mol. The highest BCUT2D eigenvalue weighted by molar-refractivity contribution is 7.71. The zero-order chi connectivity index (χ0) is 16.8.